The van der Waals surface area contributed by atoms with Gasteiger partial charge in [-0.2, -0.15) is 0 Å². The van der Waals surface area contributed by atoms with Crippen LogP contribution < -0.4 is 0 Å². The molecule has 3 aromatic carbocycles. The fourth-order valence-corrected chi connectivity index (χ4v) is 3.90. The molecule has 0 radical (unpaired) electrons. The lowest BCUT2D eigenvalue weighted by Gasteiger charge is -2.26. The Morgan fingerprint density at radius 3 is 2.47 bits per heavy atom. The largest absolute Gasteiger partial charge is 0.440 e. The molecule has 5 rings (SSSR count). The highest BCUT2D eigenvalue weighted by Gasteiger charge is 2.20. The van der Waals surface area contributed by atoms with Crippen molar-refractivity contribution in [2.24, 2.45) is 0 Å². The highest BCUT2D eigenvalue weighted by atomic mass is 16.3. The van der Waals surface area contributed by atoms with E-state index in [0.29, 0.717) is 30.0 Å². The van der Waals surface area contributed by atoms with Crippen LogP contribution in [0.1, 0.15) is 33.8 Å². The van der Waals surface area contributed by atoms with Crippen LogP contribution in [-0.2, 0) is 6.42 Å². The number of oxazole rings is 1. The first-order valence-corrected chi connectivity index (χ1v) is 10.2. The van der Waals surface area contributed by atoms with E-state index >= 15 is 0 Å². The van der Waals surface area contributed by atoms with Gasteiger partial charge in [-0.05, 0) is 41.3 Å². The van der Waals surface area contributed by atoms with E-state index in [2.05, 4.69) is 35.3 Å². The summed E-state index contributed by atoms with van der Waals surface area (Å²) in [6.07, 6.45) is 3.66. The maximum atomic E-state index is 13.0. The minimum absolute atomic E-state index is 0.0351. The molecule has 1 aromatic heterocycles. The maximum Gasteiger partial charge on any atom is 0.254 e. The predicted molar refractivity (Wildman–Crippen MR) is 118 cm³/mol. The Bertz CT molecular complexity index is 1210. The second kappa shape index (κ2) is 7.99. The van der Waals surface area contributed by atoms with E-state index in [1.165, 1.54) is 11.1 Å². The molecule has 30 heavy (non-hydrogen) atoms. The lowest BCUT2D eigenvalue weighted by Crippen LogP contribution is -2.34. The van der Waals surface area contributed by atoms with Crippen LogP contribution in [0.2, 0.25) is 0 Å². The minimum Gasteiger partial charge on any atom is -0.440 e. The van der Waals surface area contributed by atoms with E-state index in [4.69, 9.17) is 4.42 Å². The van der Waals surface area contributed by atoms with Gasteiger partial charge in [-0.15, -0.1) is 0 Å². The van der Waals surface area contributed by atoms with Gasteiger partial charge in [0.1, 0.15) is 5.52 Å². The number of nitrogens with zero attached hydrogens (tertiary/aromatic N) is 2. The Kier molecular flexibility index (Phi) is 4.89. The Labute approximate surface area is 175 Å². The van der Waals surface area contributed by atoms with Crippen LogP contribution in [0.3, 0.4) is 0 Å². The lowest BCUT2D eigenvalue weighted by molar-refractivity contribution is 0.0773. The minimum atomic E-state index is 0.0351. The molecule has 0 atom stereocenters. The van der Waals surface area contributed by atoms with Gasteiger partial charge in [0.25, 0.3) is 5.91 Å². The topological polar surface area (TPSA) is 46.3 Å². The van der Waals surface area contributed by atoms with Crippen LogP contribution in [0.4, 0.5) is 0 Å². The highest BCUT2D eigenvalue weighted by Crippen LogP contribution is 2.24. The van der Waals surface area contributed by atoms with Gasteiger partial charge in [0.05, 0.1) is 0 Å². The number of rotatable bonds is 4. The van der Waals surface area contributed by atoms with E-state index < -0.39 is 0 Å². The van der Waals surface area contributed by atoms with Crippen molar-refractivity contribution >= 4 is 22.6 Å². The highest BCUT2D eigenvalue weighted by molar-refractivity contribution is 5.97. The average molecular weight is 394 g/mol. The summed E-state index contributed by atoms with van der Waals surface area (Å²) in [6, 6.07) is 26.0. The van der Waals surface area contributed by atoms with Crippen LogP contribution in [0.25, 0.3) is 16.7 Å². The lowest BCUT2D eigenvalue weighted by atomic mass is 9.99. The summed E-state index contributed by atoms with van der Waals surface area (Å²) in [6.45, 7) is 1.34. The SMILES string of the molecule is O=C(c1ccc2oc(Cc3ccccc3)nc2c1)N1CC=C(c2ccccc2)CC1. The number of amides is 1. The molecule has 1 aliphatic rings. The van der Waals surface area contributed by atoms with Gasteiger partial charge in [0.2, 0.25) is 0 Å². The first-order valence-electron chi connectivity index (χ1n) is 10.2. The van der Waals surface area contributed by atoms with Gasteiger partial charge < -0.3 is 9.32 Å². The number of carbonyl (C=O) groups is 1. The van der Waals surface area contributed by atoms with Crippen molar-refractivity contribution in [1.82, 2.24) is 9.88 Å². The van der Waals surface area contributed by atoms with Crippen molar-refractivity contribution < 1.29 is 9.21 Å². The Hall–Kier alpha value is -3.66. The molecule has 0 saturated carbocycles. The second-order valence-corrected chi connectivity index (χ2v) is 7.55. The molecule has 1 aliphatic heterocycles. The second-order valence-electron chi connectivity index (χ2n) is 7.55. The van der Waals surface area contributed by atoms with Crippen molar-refractivity contribution in [3.05, 3.63) is 108 Å². The molecular formula is C26H22N2O2. The number of fused-ring (bicyclic) bond motifs is 1. The number of aromatic nitrogens is 1. The standard InChI is InChI=1S/C26H22N2O2/c29-26(28-15-13-21(14-16-28)20-9-5-2-6-10-20)22-11-12-24-23(18-22)27-25(30-24)17-19-7-3-1-4-8-19/h1-13,18H,14-17H2. The Balaban J connectivity index is 1.32. The van der Waals surface area contributed by atoms with Crippen molar-refractivity contribution in [1.29, 1.82) is 0 Å². The first-order chi connectivity index (χ1) is 14.8. The van der Waals surface area contributed by atoms with Crippen molar-refractivity contribution in [3.8, 4) is 0 Å². The van der Waals surface area contributed by atoms with Crippen LogP contribution in [0.5, 0.6) is 0 Å². The molecule has 0 aliphatic carbocycles. The zero-order valence-corrected chi connectivity index (χ0v) is 16.6. The summed E-state index contributed by atoms with van der Waals surface area (Å²) in [5, 5.41) is 0. The van der Waals surface area contributed by atoms with Crippen LogP contribution in [0, 0.1) is 0 Å². The molecule has 0 fully saturated rings. The third-order valence-electron chi connectivity index (χ3n) is 5.52. The van der Waals surface area contributed by atoms with Gasteiger partial charge in [-0.3, -0.25) is 4.79 Å². The summed E-state index contributed by atoms with van der Waals surface area (Å²) in [4.78, 5) is 19.5. The van der Waals surface area contributed by atoms with E-state index in [1.807, 2.05) is 59.5 Å². The van der Waals surface area contributed by atoms with Gasteiger partial charge in [0, 0.05) is 25.1 Å². The van der Waals surface area contributed by atoms with E-state index in [0.717, 1.165) is 24.0 Å². The molecule has 1 amide bonds. The summed E-state index contributed by atoms with van der Waals surface area (Å²) in [5.41, 5.74) is 5.77. The number of carbonyl (C=O) groups excluding carboxylic acids is 1. The van der Waals surface area contributed by atoms with Crippen LogP contribution in [-0.4, -0.2) is 28.9 Å². The van der Waals surface area contributed by atoms with Crippen LogP contribution >= 0.6 is 0 Å². The molecule has 148 valence electrons. The Morgan fingerprint density at radius 1 is 0.967 bits per heavy atom. The van der Waals surface area contributed by atoms with Crippen molar-refractivity contribution in [2.45, 2.75) is 12.8 Å². The normalized spacial score (nSPS) is 14.0. The smallest absolute Gasteiger partial charge is 0.254 e. The first kappa shape index (κ1) is 18.4. The van der Waals surface area contributed by atoms with Crippen molar-refractivity contribution in [3.63, 3.8) is 0 Å². The molecule has 4 aromatic rings. The van der Waals surface area contributed by atoms with Gasteiger partial charge in [-0.25, -0.2) is 4.98 Å². The van der Waals surface area contributed by atoms with E-state index in [1.54, 1.807) is 0 Å². The molecule has 4 heteroatoms. The molecular weight excluding hydrogens is 372 g/mol. The Morgan fingerprint density at radius 2 is 1.73 bits per heavy atom. The average Bonchev–Trinajstić information content (AvgIpc) is 3.21. The summed E-state index contributed by atoms with van der Waals surface area (Å²) < 4.78 is 5.87. The molecule has 0 spiro atoms. The monoisotopic (exact) mass is 394 g/mol. The third-order valence-corrected chi connectivity index (χ3v) is 5.52. The van der Waals surface area contributed by atoms with Gasteiger partial charge in [-0.1, -0.05) is 66.7 Å². The number of hydrogen-bond donors (Lipinski definition) is 0. The quantitative estimate of drug-likeness (QED) is 0.469. The van der Waals surface area contributed by atoms with Crippen molar-refractivity contribution in [2.75, 3.05) is 13.1 Å². The van der Waals surface area contributed by atoms with E-state index in [-0.39, 0.29) is 5.91 Å². The van der Waals surface area contributed by atoms with Gasteiger partial charge >= 0.3 is 0 Å². The fourth-order valence-electron chi connectivity index (χ4n) is 3.90. The molecule has 2 heterocycles. The van der Waals surface area contributed by atoms with E-state index in [9.17, 15) is 4.79 Å². The summed E-state index contributed by atoms with van der Waals surface area (Å²) in [7, 11) is 0. The maximum absolute atomic E-state index is 13.0. The predicted octanol–water partition coefficient (Wildman–Crippen LogP) is 5.35. The fraction of sp³-hybridized carbons (Fsp3) is 0.154. The number of benzene rings is 3. The zero-order valence-electron chi connectivity index (χ0n) is 16.6. The summed E-state index contributed by atoms with van der Waals surface area (Å²) in [5.74, 6) is 0.696. The zero-order chi connectivity index (χ0) is 20.3. The third kappa shape index (κ3) is 3.77. The van der Waals surface area contributed by atoms with Gasteiger partial charge in [0.15, 0.2) is 11.5 Å². The molecule has 0 N–H and O–H groups in total. The molecule has 0 unspecified atom stereocenters. The number of hydrogen-bond acceptors (Lipinski definition) is 3. The molecule has 4 nitrogen and oxygen atoms in total. The summed E-state index contributed by atoms with van der Waals surface area (Å²) >= 11 is 0. The molecule has 0 bridgehead atoms. The van der Waals surface area contributed by atoms with Crippen LogP contribution in [0.15, 0.2) is 89.4 Å². The molecule has 0 saturated heterocycles.